The van der Waals surface area contributed by atoms with E-state index in [-0.39, 0.29) is 5.54 Å². The molecule has 0 unspecified atom stereocenters. The maximum absolute atomic E-state index is 6.36. The molecular formula is C29H27ClN6. The molecule has 3 heterocycles. The van der Waals surface area contributed by atoms with Crippen molar-refractivity contribution in [1.82, 2.24) is 19.6 Å². The second-order valence-corrected chi connectivity index (χ2v) is 9.75. The highest BCUT2D eigenvalue weighted by atomic mass is 35.5. The van der Waals surface area contributed by atoms with Crippen molar-refractivity contribution in [3.8, 4) is 11.3 Å². The third-order valence-electron chi connectivity index (χ3n) is 6.16. The second-order valence-electron chi connectivity index (χ2n) is 9.37. The standard InChI is InChI=1S/C29H27ClN6/c1-4-20-10-11-21(14-24(20)35-29(2,3)17-19-8-6-5-7-9-19)23-16-25(22-12-13-32-26(30)15-22)36-27(23)28(31)33-18-34-36/h4-16,18H,17H2,1-3H3,(H2,31,33,34)/b20-4-,35-24-. The van der Waals surface area contributed by atoms with Gasteiger partial charge in [0.15, 0.2) is 5.82 Å². The Bertz CT molecular complexity index is 1560. The van der Waals surface area contributed by atoms with E-state index in [4.69, 9.17) is 22.3 Å². The van der Waals surface area contributed by atoms with E-state index in [1.807, 2.05) is 25.1 Å². The highest BCUT2D eigenvalue weighted by molar-refractivity contribution is 6.29. The van der Waals surface area contributed by atoms with Crippen molar-refractivity contribution >= 4 is 34.2 Å². The lowest BCUT2D eigenvalue weighted by atomic mass is 9.92. The Morgan fingerprint density at radius 1 is 1.08 bits per heavy atom. The summed E-state index contributed by atoms with van der Waals surface area (Å²) >= 11 is 6.18. The topological polar surface area (TPSA) is 81.5 Å². The highest BCUT2D eigenvalue weighted by Gasteiger charge is 2.22. The Morgan fingerprint density at radius 3 is 2.64 bits per heavy atom. The number of aliphatic imine (C=N–C) groups is 1. The van der Waals surface area contributed by atoms with Gasteiger partial charge in [0.25, 0.3) is 0 Å². The molecule has 0 fully saturated rings. The van der Waals surface area contributed by atoms with Crippen molar-refractivity contribution in [3.05, 3.63) is 107 Å². The average Bonchev–Trinajstić information content (AvgIpc) is 3.25. The van der Waals surface area contributed by atoms with Crippen molar-refractivity contribution in [2.45, 2.75) is 32.7 Å². The lowest BCUT2D eigenvalue weighted by Gasteiger charge is -2.23. The van der Waals surface area contributed by atoms with E-state index in [0.717, 1.165) is 45.6 Å². The number of nitrogen functional groups attached to an aromatic ring is 1. The van der Waals surface area contributed by atoms with Crippen LogP contribution in [0, 0.1) is 0 Å². The van der Waals surface area contributed by atoms with Gasteiger partial charge in [0.2, 0.25) is 0 Å². The fourth-order valence-electron chi connectivity index (χ4n) is 4.57. The smallest absolute Gasteiger partial charge is 0.152 e. The summed E-state index contributed by atoms with van der Waals surface area (Å²) in [6, 6.07) is 16.2. The number of aromatic nitrogens is 4. The van der Waals surface area contributed by atoms with Crippen LogP contribution in [0.4, 0.5) is 5.82 Å². The van der Waals surface area contributed by atoms with E-state index >= 15 is 0 Å². The van der Waals surface area contributed by atoms with Gasteiger partial charge in [-0.2, -0.15) is 5.10 Å². The van der Waals surface area contributed by atoms with Crippen molar-refractivity contribution in [2.75, 3.05) is 5.73 Å². The number of halogens is 1. The molecule has 0 bridgehead atoms. The first-order valence-electron chi connectivity index (χ1n) is 11.8. The van der Waals surface area contributed by atoms with Gasteiger partial charge in [-0.15, -0.1) is 0 Å². The predicted molar refractivity (Wildman–Crippen MR) is 148 cm³/mol. The molecule has 1 aliphatic rings. The molecule has 0 atom stereocenters. The van der Waals surface area contributed by atoms with Crippen molar-refractivity contribution in [3.63, 3.8) is 0 Å². The summed E-state index contributed by atoms with van der Waals surface area (Å²) in [6.45, 7) is 6.36. The molecule has 2 N–H and O–H groups in total. The van der Waals surface area contributed by atoms with E-state index in [0.29, 0.717) is 11.0 Å². The monoisotopic (exact) mass is 494 g/mol. The van der Waals surface area contributed by atoms with Crippen LogP contribution < -0.4 is 5.73 Å². The number of nitrogens with two attached hydrogens (primary N) is 1. The van der Waals surface area contributed by atoms with Crippen LogP contribution in [0.5, 0.6) is 0 Å². The first-order valence-corrected chi connectivity index (χ1v) is 12.2. The summed E-state index contributed by atoms with van der Waals surface area (Å²) in [6.07, 6.45) is 12.4. The number of anilines is 1. The molecule has 1 aromatic carbocycles. The largest absolute Gasteiger partial charge is 0.382 e. The van der Waals surface area contributed by atoms with Crippen LogP contribution in [0.1, 0.15) is 31.9 Å². The van der Waals surface area contributed by atoms with Gasteiger partial charge in [-0.25, -0.2) is 14.5 Å². The zero-order chi connectivity index (χ0) is 25.3. The van der Waals surface area contributed by atoms with Crippen LogP contribution in [-0.2, 0) is 6.42 Å². The minimum atomic E-state index is -0.290. The Morgan fingerprint density at radius 2 is 1.89 bits per heavy atom. The van der Waals surface area contributed by atoms with Crippen molar-refractivity contribution in [1.29, 1.82) is 0 Å². The number of rotatable bonds is 5. The molecule has 3 aromatic heterocycles. The van der Waals surface area contributed by atoms with E-state index in [9.17, 15) is 0 Å². The van der Waals surface area contributed by atoms with E-state index in [1.54, 1.807) is 10.7 Å². The van der Waals surface area contributed by atoms with Crippen LogP contribution in [-0.4, -0.2) is 30.8 Å². The van der Waals surface area contributed by atoms with E-state index in [2.05, 4.69) is 83.6 Å². The molecule has 0 radical (unpaired) electrons. The highest BCUT2D eigenvalue weighted by Crippen LogP contribution is 2.35. The lowest BCUT2D eigenvalue weighted by molar-refractivity contribution is 0.521. The Labute approximate surface area is 215 Å². The zero-order valence-electron chi connectivity index (χ0n) is 20.5. The summed E-state index contributed by atoms with van der Waals surface area (Å²) in [5, 5.41) is 4.90. The summed E-state index contributed by atoms with van der Waals surface area (Å²) in [5.41, 5.74) is 13.7. The van der Waals surface area contributed by atoms with E-state index < -0.39 is 0 Å². The number of allylic oxidation sites excluding steroid dienone is 6. The first-order chi connectivity index (χ1) is 17.3. The van der Waals surface area contributed by atoms with Gasteiger partial charge in [0.05, 0.1) is 16.9 Å². The molecule has 0 spiro atoms. The fraction of sp³-hybridized carbons (Fsp3) is 0.172. The quantitative estimate of drug-likeness (QED) is 0.326. The number of pyridine rings is 1. The van der Waals surface area contributed by atoms with Crippen LogP contribution >= 0.6 is 11.6 Å². The predicted octanol–water partition coefficient (Wildman–Crippen LogP) is 6.39. The maximum Gasteiger partial charge on any atom is 0.152 e. The number of fused-ring (bicyclic) bond motifs is 1. The molecule has 36 heavy (non-hydrogen) atoms. The molecule has 180 valence electrons. The molecule has 0 aliphatic heterocycles. The summed E-state index contributed by atoms with van der Waals surface area (Å²) in [5.74, 6) is 0.403. The molecule has 1 aliphatic carbocycles. The van der Waals surface area contributed by atoms with Crippen LogP contribution in [0.2, 0.25) is 5.15 Å². The van der Waals surface area contributed by atoms with Gasteiger partial charge in [-0.1, -0.05) is 60.2 Å². The van der Waals surface area contributed by atoms with Gasteiger partial charge < -0.3 is 5.73 Å². The lowest BCUT2D eigenvalue weighted by Crippen LogP contribution is -2.23. The molecular weight excluding hydrogens is 468 g/mol. The molecule has 0 saturated heterocycles. The van der Waals surface area contributed by atoms with Crippen LogP contribution in [0.3, 0.4) is 0 Å². The molecule has 0 amide bonds. The van der Waals surface area contributed by atoms with Gasteiger partial charge in [-0.3, -0.25) is 4.99 Å². The van der Waals surface area contributed by atoms with Crippen LogP contribution in [0.25, 0.3) is 22.3 Å². The van der Waals surface area contributed by atoms with Gasteiger partial charge >= 0.3 is 0 Å². The molecule has 0 saturated carbocycles. The minimum Gasteiger partial charge on any atom is -0.382 e. The summed E-state index contributed by atoms with van der Waals surface area (Å²) in [4.78, 5) is 13.6. The third-order valence-corrected chi connectivity index (χ3v) is 6.37. The maximum atomic E-state index is 6.36. The fourth-order valence-corrected chi connectivity index (χ4v) is 4.74. The minimum absolute atomic E-state index is 0.290. The Hall–Kier alpha value is -4.03. The third kappa shape index (κ3) is 4.72. The molecule has 6 nitrogen and oxygen atoms in total. The SMILES string of the molecule is C/C=C1/C=CC(c2cc(-c3ccnc(Cl)c3)n3ncnc(N)c23)=C/C1=N/C(C)(C)Cc1ccccc1. The summed E-state index contributed by atoms with van der Waals surface area (Å²) in [7, 11) is 0. The number of nitrogens with zero attached hydrogens (tertiary/aromatic N) is 5. The normalized spacial score (nSPS) is 16.2. The number of hydrogen-bond donors (Lipinski definition) is 1. The number of benzene rings is 1. The Kier molecular flexibility index (Phi) is 6.29. The van der Waals surface area contributed by atoms with Gasteiger partial charge in [0, 0.05) is 17.3 Å². The number of hydrogen-bond acceptors (Lipinski definition) is 5. The average molecular weight is 495 g/mol. The zero-order valence-corrected chi connectivity index (χ0v) is 21.2. The molecule has 4 aromatic rings. The van der Waals surface area contributed by atoms with Gasteiger partial charge in [-0.05, 0) is 68.2 Å². The molecule has 5 rings (SSSR count). The first kappa shape index (κ1) is 23.7. The van der Waals surface area contributed by atoms with Crippen molar-refractivity contribution < 1.29 is 0 Å². The van der Waals surface area contributed by atoms with E-state index in [1.165, 1.54) is 11.9 Å². The van der Waals surface area contributed by atoms with Crippen LogP contribution in [0.15, 0.2) is 95.9 Å². The molecule has 7 heteroatoms. The second kappa shape index (κ2) is 9.55. The summed E-state index contributed by atoms with van der Waals surface area (Å²) < 4.78 is 1.80. The van der Waals surface area contributed by atoms with Crippen molar-refractivity contribution in [2.24, 2.45) is 4.99 Å². The van der Waals surface area contributed by atoms with Gasteiger partial charge in [0.1, 0.15) is 17.0 Å². The Balaban J connectivity index is 1.62.